The Balaban J connectivity index is 2.74. The molecule has 1 unspecified atom stereocenters. The molecule has 4 heteroatoms. The second-order valence-electron chi connectivity index (χ2n) is 3.10. The van der Waals surface area contributed by atoms with Gasteiger partial charge in [-0.15, -0.1) is 0 Å². The van der Waals surface area contributed by atoms with Gasteiger partial charge in [0.25, 0.3) is 0 Å². The summed E-state index contributed by atoms with van der Waals surface area (Å²) < 4.78 is 0. The van der Waals surface area contributed by atoms with Crippen molar-refractivity contribution >= 4 is 12.2 Å². The highest BCUT2D eigenvalue weighted by atomic mass is 16.2. The Morgan fingerprint density at radius 3 is 2.77 bits per heavy atom. The van der Waals surface area contributed by atoms with Gasteiger partial charge in [0, 0.05) is 13.1 Å². The van der Waals surface area contributed by atoms with E-state index in [1.54, 1.807) is 0 Å². The van der Waals surface area contributed by atoms with Gasteiger partial charge in [-0.05, 0) is 12.5 Å². The fourth-order valence-corrected chi connectivity index (χ4v) is 1.36. The van der Waals surface area contributed by atoms with Crippen molar-refractivity contribution in [2.75, 3.05) is 13.1 Å². The normalized spacial score (nSPS) is 26.5. The monoisotopic (exact) mass is 178 g/mol. The molecule has 0 saturated carbocycles. The number of nitrogens with zero attached hydrogens (tertiary/aromatic N) is 2. The van der Waals surface area contributed by atoms with E-state index in [0.29, 0.717) is 19.3 Å². The van der Waals surface area contributed by atoms with E-state index < -0.39 is 5.41 Å². The summed E-state index contributed by atoms with van der Waals surface area (Å²) in [6.07, 6.45) is 2.24. The summed E-state index contributed by atoms with van der Waals surface area (Å²) in [7, 11) is 0. The van der Waals surface area contributed by atoms with Crippen LogP contribution in [0, 0.1) is 16.7 Å². The van der Waals surface area contributed by atoms with Crippen LogP contribution >= 0.6 is 0 Å². The van der Waals surface area contributed by atoms with E-state index in [9.17, 15) is 9.59 Å². The molecule has 1 rings (SSSR count). The second kappa shape index (κ2) is 3.40. The first kappa shape index (κ1) is 9.46. The smallest absolute Gasteiger partial charge is 0.246 e. The first-order valence-electron chi connectivity index (χ1n) is 3.96. The zero-order chi connectivity index (χ0) is 9.90. The molecule has 0 aliphatic carbocycles. The third kappa shape index (κ3) is 1.59. The summed E-state index contributed by atoms with van der Waals surface area (Å²) in [6.45, 7) is 3.99. The van der Waals surface area contributed by atoms with Gasteiger partial charge in [-0.3, -0.25) is 4.79 Å². The van der Waals surface area contributed by atoms with Gasteiger partial charge in [0.15, 0.2) is 0 Å². The van der Waals surface area contributed by atoms with E-state index in [2.05, 4.69) is 6.58 Å². The molecule has 0 spiro atoms. The molecule has 1 saturated heterocycles. The Bertz CT molecular complexity index is 292. The van der Waals surface area contributed by atoms with Gasteiger partial charge >= 0.3 is 0 Å². The molecule has 0 aromatic rings. The Kier molecular flexibility index (Phi) is 2.47. The van der Waals surface area contributed by atoms with Crippen LogP contribution in [0.15, 0.2) is 12.7 Å². The number of nitriles is 1. The van der Waals surface area contributed by atoms with Crippen LogP contribution in [0.25, 0.3) is 0 Å². The van der Waals surface area contributed by atoms with E-state index in [4.69, 9.17) is 5.26 Å². The van der Waals surface area contributed by atoms with E-state index in [-0.39, 0.29) is 12.5 Å². The minimum Gasteiger partial charge on any atom is -0.337 e. The van der Waals surface area contributed by atoms with Gasteiger partial charge in [-0.1, -0.05) is 6.58 Å². The Labute approximate surface area is 76.4 Å². The first-order valence-corrected chi connectivity index (χ1v) is 3.96. The summed E-state index contributed by atoms with van der Waals surface area (Å²) in [6, 6.07) is 1.94. The van der Waals surface area contributed by atoms with Crippen molar-refractivity contribution in [1.29, 1.82) is 5.26 Å². The van der Waals surface area contributed by atoms with Crippen molar-refractivity contribution in [2.45, 2.75) is 6.42 Å². The highest BCUT2D eigenvalue weighted by Crippen LogP contribution is 2.27. The SMILES string of the molecule is C=CC(=O)N1CCC(C#N)(C=O)C1. The summed E-state index contributed by atoms with van der Waals surface area (Å²) in [5.74, 6) is -0.223. The fourth-order valence-electron chi connectivity index (χ4n) is 1.36. The number of likely N-dealkylation sites (tertiary alicyclic amines) is 1. The first-order chi connectivity index (χ1) is 6.17. The maximum absolute atomic E-state index is 11.1. The average Bonchev–Trinajstić information content (AvgIpc) is 2.61. The number of amides is 1. The standard InChI is InChI=1S/C9H10N2O2/c1-2-8(13)11-4-3-9(5-10,6-11)7-12/h2,7H,1,3-4,6H2. The summed E-state index contributed by atoms with van der Waals surface area (Å²) in [5, 5.41) is 8.74. The van der Waals surface area contributed by atoms with Crippen LogP contribution in [0.1, 0.15) is 6.42 Å². The highest BCUT2D eigenvalue weighted by molar-refractivity contribution is 5.88. The second-order valence-corrected chi connectivity index (χ2v) is 3.10. The van der Waals surface area contributed by atoms with Gasteiger partial charge in [-0.25, -0.2) is 0 Å². The zero-order valence-electron chi connectivity index (χ0n) is 7.19. The molecule has 68 valence electrons. The highest BCUT2D eigenvalue weighted by Gasteiger charge is 2.39. The molecule has 0 aromatic carbocycles. The molecule has 1 amide bonds. The maximum atomic E-state index is 11.1. The lowest BCUT2D eigenvalue weighted by molar-refractivity contribution is -0.125. The number of rotatable bonds is 2. The lowest BCUT2D eigenvalue weighted by atomic mass is 9.91. The van der Waals surface area contributed by atoms with Gasteiger partial charge in [-0.2, -0.15) is 5.26 Å². The van der Waals surface area contributed by atoms with Crippen LogP contribution < -0.4 is 0 Å². The van der Waals surface area contributed by atoms with Crippen LogP contribution in [-0.2, 0) is 9.59 Å². The van der Waals surface area contributed by atoms with E-state index in [0.717, 1.165) is 0 Å². The predicted molar refractivity (Wildman–Crippen MR) is 45.5 cm³/mol. The molecule has 13 heavy (non-hydrogen) atoms. The van der Waals surface area contributed by atoms with Crippen molar-refractivity contribution in [1.82, 2.24) is 4.90 Å². The average molecular weight is 178 g/mol. The van der Waals surface area contributed by atoms with E-state index in [1.165, 1.54) is 11.0 Å². The summed E-state index contributed by atoms with van der Waals surface area (Å²) in [4.78, 5) is 23.2. The van der Waals surface area contributed by atoms with Gasteiger partial charge < -0.3 is 9.69 Å². The molecule has 4 nitrogen and oxygen atoms in total. The maximum Gasteiger partial charge on any atom is 0.246 e. The Morgan fingerprint density at radius 1 is 1.69 bits per heavy atom. The third-order valence-corrected chi connectivity index (χ3v) is 2.24. The van der Waals surface area contributed by atoms with E-state index >= 15 is 0 Å². The quantitative estimate of drug-likeness (QED) is 0.445. The lowest BCUT2D eigenvalue weighted by Gasteiger charge is -2.14. The van der Waals surface area contributed by atoms with Crippen LogP contribution in [0.5, 0.6) is 0 Å². The minimum atomic E-state index is -0.987. The number of aldehydes is 1. The van der Waals surface area contributed by atoms with Crippen molar-refractivity contribution in [2.24, 2.45) is 5.41 Å². The topological polar surface area (TPSA) is 61.2 Å². The van der Waals surface area contributed by atoms with Crippen LogP contribution in [-0.4, -0.2) is 30.2 Å². The minimum absolute atomic E-state index is 0.192. The van der Waals surface area contributed by atoms with E-state index in [1.807, 2.05) is 6.07 Å². The molecule has 1 heterocycles. The number of carbonyl (C=O) groups is 2. The fraction of sp³-hybridized carbons (Fsp3) is 0.444. The molecular formula is C9H10N2O2. The molecule has 1 aliphatic rings. The largest absolute Gasteiger partial charge is 0.337 e. The molecule has 1 atom stereocenters. The molecular weight excluding hydrogens is 168 g/mol. The molecule has 1 aliphatic heterocycles. The van der Waals surface area contributed by atoms with Crippen molar-refractivity contribution in [3.05, 3.63) is 12.7 Å². The van der Waals surface area contributed by atoms with Crippen molar-refractivity contribution in [3.63, 3.8) is 0 Å². The number of hydrogen-bond acceptors (Lipinski definition) is 3. The molecule has 0 N–H and O–H groups in total. The molecule has 0 aromatic heterocycles. The van der Waals surface area contributed by atoms with Crippen molar-refractivity contribution in [3.8, 4) is 6.07 Å². The van der Waals surface area contributed by atoms with Crippen LogP contribution in [0.3, 0.4) is 0 Å². The Morgan fingerprint density at radius 2 is 2.38 bits per heavy atom. The predicted octanol–water partition coefficient (Wildman–Crippen LogP) is 0.114. The van der Waals surface area contributed by atoms with Crippen LogP contribution in [0.2, 0.25) is 0 Å². The van der Waals surface area contributed by atoms with Crippen molar-refractivity contribution < 1.29 is 9.59 Å². The van der Waals surface area contributed by atoms with Gasteiger partial charge in [0.05, 0.1) is 6.07 Å². The summed E-state index contributed by atoms with van der Waals surface area (Å²) >= 11 is 0. The molecule has 0 radical (unpaired) electrons. The van der Waals surface area contributed by atoms with Gasteiger partial charge in [0.1, 0.15) is 11.7 Å². The zero-order valence-corrected chi connectivity index (χ0v) is 7.19. The molecule has 1 fully saturated rings. The van der Waals surface area contributed by atoms with Gasteiger partial charge in [0.2, 0.25) is 5.91 Å². The third-order valence-electron chi connectivity index (χ3n) is 2.24. The number of hydrogen-bond donors (Lipinski definition) is 0. The van der Waals surface area contributed by atoms with Crippen LogP contribution in [0.4, 0.5) is 0 Å². The Hall–Kier alpha value is -1.63. The lowest BCUT2D eigenvalue weighted by Crippen LogP contribution is -2.30. The number of carbonyl (C=O) groups excluding carboxylic acids is 2. The molecule has 0 bridgehead atoms. The summed E-state index contributed by atoms with van der Waals surface area (Å²) in [5.41, 5.74) is -0.987.